The molecule has 2 rings (SSSR count). The number of carbonyl (C=O) groups excluding carboxylic acids is 1. The van der Waals surface area contributed by atoms with Crippen molar-refractivity contribution in [1.82, 2.24) is 15.1 Å². The number of benzene rings is 1. The molecule has 0 spiro atoms. The van der Waals surface area contributed by atoms with Gasteiger partial charge in [-0.3, -0.25) is 9.48 Å². The van der Waals surface area contributed by atoms with Crippen LogP contribution in [0, 0.1) is 6.92 Å². The van der Waals surface area contributed by atoms with E-state index in [4.69, 9.17) is 0 Å². The molecule has 1 unspecified atom stereocenters. The van der Waals surface area contributed by atoms with Crippen molar-refractivity contribution in [3.05, 3.63) is 53.3 Å². The predicted molar refractivity (Wildman–Crippen MR) is 81.6 cm³/mol. The largest absolute Gasteiger partial charge is 0.479 e. The lowest BCUT2D eigenvalue weighted by Crippen LogP contribution is -2.34. The molecule has 2 N–H and O–H groups in total. The molecule has 116 valence electrons. The van der Waals surface area contributed by atoms with Gasteiger partial charge in [-0.25, -0.2) is 4.79 Å². The summed E-state index contributed by atoms with van der Waals surface area (Å²) in [5.41, 5.74) is 1.62. The molecule has 0 aliphatic rings. The third kappa shape index (κ3) is 3.16. The number of amides is 1. The average molecular weight is 301 g/mol. The first-order valence-electron chi connectivity index (χ1n) is 7.04. The summed E-state index contributed by atoms with van der Waals surface area (Å²) in [7, 11) is 0. The van der Waals surface area contributed by atoms with Gasteiger partial charge in [0.1, 0.15) is 0 Å². The van der Waals surface area contributed by atoms with Crippen LogP contribution in [0.25, 0.3) is 0 Å². The average Bonchev–Trinajstić information content (AvgIpc) is 2.87. The lowest BCUT2D eigenvalue weighted by molar-refractivity contribution is -0.139. The standard InChI is InChI=1S/C16H19N3O3/c1-10(2)19-11(3)13(9-17-19)15(20)18-14(16(21)22)12-7-5-4-6-8-12/h4-10,14H,1-3H3,(H,18,20)(H,21,22). The zero-order valence-corrected chi connectivity index (χ0v) is 12.8. The summed E-state index contributed by atoms with van der Waals surface area (Å²) >= 11 is 0. The first-order valence-corrected chi connectivity index (χ1v) is 7.04. The summed E-state index contributed by atoms with van der Waals surface area (Å²) in [5.74, 6) is -1.55. The molecule has 0 saturated carbocycles. The highest BCUT2D eigenvalue weighted by molar-refractivity contribution is 5.97. The molecule has 1 aromatic heterocycles. The fourth-order valence-electron chi connectivity index (χ4n) is 2.31. The zero-order valence-electron chi connectivity index (χ0n) is 12.8. The second kappa shape index (κ2) is 6.43. The van der Waals surface area contributed by atoms with Gasteiger partial charge >= 0.3 is 5.97 Å². The number of hydrogen-bond donors (Lipinski definition) is 2. The number of hydrogen-bond acceptors (Lipinski definition) is 3. The van der Waals surface area contributed by atoms with E-state index in [0.29, 0.717) is 16.8 Å². The van der Waals surface area contributed by atoms with Crippen molar-refractivity contribution in [2.24, 2.45) is 0 Å². The van der Waals surface area contributed by atoms with Gasteiger partial charge in [0.2, 0.25) is 0 Å². The Bertz CT molecular complexity index is 677. The Balaban J connectivity index is 2.24. The van der Waals surface area contributed by atoms with Gasteiger partial charge in [0, 0.05) is 11.7 Å². The maximum Gasteiger partial charge on any atom is 0.330 e. The number of carboxylic acid groups (broad SMARTS) is 1. The molecule has 2 aromatic rings. The highest BCUT2D eigenvalue weighted by Gasteiger charge is 2.24. The minimum Gasteiger partial charge on any atom is -0.479 e. The molecule has 0 fully saturated rings. The molecule has 0 radical (unpaired) electrons. The van der Waals surface area contributed by atoms with E-state index >= 15 is 0 Å². The van der Waals surface area contributed by atoms with E-state index < -0.39 is 17.9 Å². The van der Waals surface area contributed by atoms with Crippen molar-refractivity contribution >= 4 is 11.9 Å². The Morgan fingerprint density at radius 2 is 1.86 bits per heavy atom. The Labute approximate surface area is 128 Å². The van der Waals surface area contributed by atoms with Crippen LogP contribution >= 0.6 is 0 Å². The molecule has 0 aliphatic heterocycles. The molecule has 0 bridgehead atoms. The Hall–Kier alpha value is -2.63. The first-order chi connectivity index (χ1) is 10.4. The smallest absolute Gasteiger partial charge is 0.330 e. The van der Waals surface area contributed by atoms with Crippen LogP contribution in [0.3, 0.4) is 0 Å². The molecule has 6 nitrogen and oxygen atoms in total. The summed E-state index contributed by atoms with van der Waals surface area (Å²) < 4.78 is 1.73. The molecule has 1 amide bonds. The maximum absolute atomic E-state index is 12.4. The summed E-state index contributed by atoms with van der Waals surface area (Å²) in [5, 5.41) is 16.1. The van der Waals surface area contributed by atoms with Gasteiger partial charge in [-0.05, 0) is 26.3 Å². The second-order valence-electron chi connectivity index (χ2n) is 5.34. The molecule has 6 heteroatoms. The fraction of sp³-hybridized carbons (Fsp3) is 0.312. The summed E-state index contributed by atoms with van der Waals surface area (Å²) in [6, 6.07) is 7.65. The second-order valence-corrected chi connectivity index (χ2v) is 5.34. The lowest BCUT2D eigenvalue weighted by atomic mass is 10.1. The van der Waals surface area contributed by atoms with Gasteiger partial charge in [0.05, 0.1) is 11.8 Å². The molecule has 22 heavy (non-hydrogen) atoms. The Kier molecular flexibility index (Phi) is 4.60. The monoisotopic (exact) mass is 301 g/mol. The number of nitrogens with zero attached hydrogens (tertiary/aromatic N) is 2. The van der Waals surface area contributed by atoms with Gasteiger partial charge in [-0.1, -0.05) is 30.3 Å². The van der Waals surface area contributed by atoms with Crippen LogP contribution in [-0.2, 0) is 4.79 Å². The van der Waals surface area contributed by atoms with E-state index in [2.05, 4.69) is 10.4 Å². The first kappa shape index (κ1) is 15.8. The zero-order chi connectivity index (χ0) is 16.3. The summed E-state index contributed by atoms with van der Waals surface area (Å²) in [6.45, 7) is 5.72. The fourth-order valence-corrected chi connectivity index (χ4v) is 2.31. The van der Waals surface area contributed by atoms with Crippen LogP contribution in [0.15, 0.2) is 36.5 Å². The van der Waals surface area contributed by atoms with Gasteiger partial charge in [0.25, 0.3) is 5.91 Å². The van der Waals surface area contributed by atoms with Crippen molar-refractivity contribution in [3.63, 3.8) is 0 Å². The number of nitrogens with one attached hydrogen (secondary N) is 1. The van der Waals surface area contributed by atoms with E-state index in [1.807, 2.05) is 13.8 Å². The minimum absolute atomic E-state index is 0.131. The number of carboxylic acids is 1. The number of aromatic nitrogens is 2. The van der Waals surface area contributed by atoms with Crippen molar-refractivity contribution in [3.8, 4) is 0 Å². The van der Waals surface area contributed by atoms with Crippen molar-refractivity contribution in [1.29, 1.82) is 0 Å². The van der Waals surface area contributed by atoms with Crippen LogP contribution in [0.2, 0.25) is 0 Å². The maximum atomic E-state index is 12.4. The molecular formula is C16H19N3O3. The highest BCUT2D eigenvalue weighted by atomic mass is 16.4. The van der Waals surface area contributed by atoms with Crippen molar-refractivity contribution < 1.29 is 14.7 Å². The number of aliphatic carboxylic acids is 1. The van der Waals surface area contributed by atoms with Crippen molar-refractivity contribution in [2.45, 2.75) is 32.9 Å². The van der Waals surface area contributed by atoms with Crippen LogP contribution in [0.5, 0.6) is 0 Å². The number of carbonyl (C=O) groups is 2. The molecule has 1 heterocycles. The lowest BCUT2D eigenvalue weighted by Gasteiger charge is -2.15. The van der Waals surface area contributed by atoms with Gasteiger partial charge in [-0.2, -0.15) is 5.10 Å². The highest BCUT2D eigenvalue weighted by Crippen LogP contribution is 2.16. The molecule has 0 saturated heterocycles. The van der Waals surface area contributed by atoms with E-state index in [-0.39, 0.29) is 6.04 Å². The van der Waals surface area contributed by atoms with Crippen LogP contribution in [0.1, 0.15) is 47.5 Å². The predicted octanol–water partition coefficient (Wildman–Crippen LogP) is 2.33. The van der Waals surface area contributed by atoms with E-state index in [9.17, 15) is 14.7 Å². The molecule has 1 aromatic carbocycles. The summed E-state index contributed by atoms with van der Waals surface area (Å²) in [6.07, 6.45) is 1.47. The molecular weight excluding hydrogens is 282 g/mol. The SMILES string of the molecule is Cc1c(C(=O)NC(C(=O)O)c2ccccc2)cnn1C(C)C. The molecule has 0 aliphatic carbocycles. The van der Waals surface area contributed by atoms with Gasteiger partial charge in [-0.15, -0.1) is 0 Å². The Morgan fingerprint density at radius 1 is 1.23 bits per heavy atom. The third-order valence-electron chi connectivity index (χ3n) is 3.43. The van der Waals surface area contributed by atoms with Crippen LogP contribution < -0.4 is 5.32 Å². The number of rotatable bonds is 5. The van der Waals surface area contributed by atoms with Gasteiger partial charge < -0.3 is 10.4 Å². The van der Waals surface area contributed by atoms with Crippen LogP contribution in [0.4, 0.5) is 0 Å². The minimum atomic E-state index is -1.10. The van der Waals surface area contributed by atoms with Crippen molar-refractivity contribution in [2.75, 3.05) is 0 Å². The summed E-state index contributed by atoms with van der Waals surface area (Å²) in [4.78, 5) is 23.8. The van der Waals surface area contributed by atoms with E-state index in [1.165, 1.54) is 6.20 Å². The van der Waals surface area contributed by atoms with E-state index in [0.717, 1.165) is 0 Å². The quantitative estimate of drug-likeness (QED) is 0.887. The normalized spacial score (nSPS) is 12.2. The third-order valence-corrected chi connectivity index (χ3v) is 3.43. The topological polar surface area (TPSA) is 84.2 Å². The van der Waals surface area contributed by atoms with Gasteiger partial charge in [0.15, 0.2) is 6.04 Å². The molecule has 1 atom stereocenters. The van der Waals surface area contributed by atoms with E-state index in [1.54, 1.807) is 41.9 Å². The Morgan fingerprint density at radius 3 is 2.36 bits per heavy atom. The van der Waals surface area contributed by atoms with Crippen LogP contribution in [-0.4, -0.2) is 26.8 Å².